The number of methoxy groups -OCH3 is 1. The Bertz CT molecular complexity index is 1390. The van der Waals surface area contributed by atoms with Crippen LogP contribution in [0.3, 0.4) is 0 Å². The summed E-state index contributed by atoms with van der Waals surface area (Å²) in [5.41, 5.74) is 2.72. The van der Waals surface area contributed by atoms with E-state index >= 15 is 0 Å². The highest BCUT2D eigenvalue weighted by Crippen LogP contribution is 2.36. The van der Waals surface area contributed by atoms with Crippen LogP contribution >= 0.6 is 0 Å². The van der Waals surface area contributed by atoms with Gasteiger partial charge >= 0.3 is 0 Å². The zero-order valence-electron chi connectivity index (χ0n) is 17.4. The van der Waals surface area contributed by atoms with Crippen LogP contribution in [-0.4, -0.2) is 39.3 Å². The molecule has 9 nitrogen and oxygen atoms in total. The second-order valence-corrected chi connectivity index (χ2v) is 7.14. The van der Waals surface area contributed by atoms with Crippen molar-refractivity contribution in [2.24, 2.45) is 0 Å². The Kier molecular flexibility index (Phi) is 4.91. The second kappa shape index (κ2) is 8.03. The Balaban J connectivity index is 1.34. The van der Waals surface area contributed by atoms with Gasteiger partial charge in [-0.15, -0.1) is 5.10 Å². The van der Waals surface area contributed by atoms with Crippen molar-refractivity contribution in [2.45, 2.75) is 13.0 Å². The van der Waals surface area contributed by atoms with E-state index in [1.807, 2.05) is 30.3 Å². The zero-order valence-corrected chi connectivity index (χ0v) is 17.4. The molecular weight excluding hydrogens is 410 g/mol. The molecule has 0 radical (unpaired) electrons. The summed E-state index contributed by atoms with van der Waals surface area (Å²) in [6, 6.07) is 18.5. The summed E-state index contributed by atoms with van der Waals surface area (Å²) in [7, 11) is 1.56. The summed E-state index contributed by atoms with van der Waals surface area (Å²) in [6.45, 7) is 1.68. The van der Waals surface area contributed by atoms with Gasteiger partial charge < -0.3 is 19.2 Å². The number of amides is 1. The predicted octanol–water partition coefficient (Wildman–Crippen LogP) is 3.98. The molecule has 9 heteroatoms. The first kappa shape index (κ1) is 19.6. The number of anilines is 1. The van der Waals surface area contributed by atoms with Crippen LogP contribution in [0, 0.1) is 0 Å². The Labute approximate surface area is 182 Å². The van der Waals surface area contributed by atoms with Crippen molar-refractivity contribution in [3.63, 3.8) is 0 Å². The molecule has 0 unspecified atom stereocenters. The van der Waals surface area contributed by atoms with E-state index in [-0.39, 0.29) is 5.91 Å². The van der Waals surface area contributed by atoms with Crippen LogP contribution in [0.5, 0.6) is 11.5 Å². The lowest BCUT2D eigenvalue weighted by Crippen LogP contribution is -2.30. The molecule has 160 valence electrons. The third-order valence-electron chi connectivity index (χ3n) is 5.09. The van der Waals surface area contributed by atoms with Crippen molar-refractivity contribution in [3.8, 4) is 17.2 Å². The quantitative estimate of drug-likeness (QED) is 0.435. The van der Waals surface area contributed by atoms with E-state index in [9.17, 15) is 4.79 Å². The van der Waals surface area contributed by atoms with Crippen LogP contribution in [0.1, 0.15) is 6.92 Å². The number of rotatable bonds is 6. The van der Waals surface area contributed by atoms with Gasteiger partial charge in [0.2, 0.25) is 0 Å². The molecular formula is C23H19N5O4. The van der Waals surface area contributed by atoms with Gasteiger partial charge in [0.05, 0.1) is 18.5 Å². The highest BCUT2D eigenvalue weighted by molar-refractivity contribution is 6.08. The molecule has 0 fully saturated rings. The van der Waals surface area contributed by atoms with Gasteiger partial charge in [-0.2, -0.15) is 0 Å². The number of hydrogen-bond acceptors (Lipinski definition) is 7. The number of carbonyl (C=O) groups excluding carboxylic acids is 1. The average Bonchev–Trinajstić information content (AvgIpc) is 3.47. The summed E-state index contributed by atoms with van der Waals surface area (Å²) >= 11 is 0. The van der Waals surface area contributed by atoms with Crippen molar-refractivity contribution >= 4 is 33.5 Å². The minimum absolute atomic E-state index is 0.316. The number of carbonyl (C=O) groups is 1. The molecule has 3 aromatic carbocycles. The molecule has 0 spiro atoms. The van der Waals surface area contributed by atoms with E-state index in [0.29, 0.717) is 22.8 Å². The first-order valence-corrected chi connectivity index (χ1v) is 9.92. The van der Waals surface area contributed by atoms with Crippen LogP contribution in [0.4, 0.5) is 5.69 Å². The third kappa shape index (κ3) is 3.60. The topological polar surface area (TPSA) is 104 Å². The molecule has 1 atom stereocenters. The van der Waals surface area contributed by atoms with Crippen LogP contribution in [0.2, 0.25) is 0 Å². The van der Waals surface area contributed by atoms with Crippen molar-refractivity contribution in [1.82, 2.24) is 20.2 Å². The summed E-state index contributed by atoms with van der Waals surface area (Å²) in [6.07, 6.45) is 0.753. The van der Waals surface area contributed by atoms with Crippen molar-refractivity contribution in [1.29, 1.82) is 0 Å². The number of para-hydroxylation sites is 1. The fourth-order valence-corrected chi connectivity index (χ4v) is 3.47. The molecule has 1 amide bonds. The van der Waals surface area contributed by atoms with Gasteiger partial charge in [0.1, 0.15) is 29.0 Å². The number of furan rings is 1. The van der Waals surface area contributed by atoms with E-state index in [4.69, 9.17) is 13.9 Å². The van der Waals surface area contributed by atoms with E-state index < -0.39 is 6.10 Å². The maximum Gasteiger partial charge on any atom is 0.265 e. The first-order chi connectivity index (χ1) is 15.6. The molecule has 1 N–H and O–H groups in total. The van der Waals surface area contributed by atoms with Gasteiger partial charge in [0.15, 0.2) is 6.10 Å². The van der Waals surface area contributed by atoms with Gasteiger partial charge in [-0.25, -0.2) is 4.68 Å². The number of benzene rings is 3. The van der Waals surface area contributed by atoms with Gasteiger partial charge in [0, 0.05) is 16.8 Å². The molecule has 5 rings (SSSR count). The Hall–Kier alpha value is -4.40. The van der Waals surface area contributed by atoms with Gasteiger partial charge in [-0.1, -0.05) is 18.2 Å². The lowest BCUT2D eigenvalue weighted by atomic mass is 10.1. The number of tetrazole rings is 1. The van der Waals surface area contributed by atoms with Crippen molar-refractivity contribution in [3.05, 3.63) is 67.0 Å². The highest BCUT2D eigenvalue weighted by atomic mass is 16.5. The van der Waals surface area contributed by atoms with E-state index in [1.54, 1.807) is 44.4 Å². The largest absolute Gasteiger partial charge is 0.495 e. The highest BCUT2D eigenvalue weighted by Gasteiger charge is 2.19. The second-order valence-electron chi connectivity index (χ2n) is 7.14. The summed E-state index contributed by atoms with van der Waals surface area (Å²) in [5.74, 6) is 0.767. The lowest BCUT2D eigenvalue weighted by molar-refractivity contribution is -0.122. The third-order valence-corrected chi connectivity index (χ3v) is 5.09. The SMILES string of the molecule is COc1cc2c(cc1NC(=O)[C@H](C)Oc1ccc(-n3cnnn3)cc1)oc1ccccc12. The van der Waals surface area contributed by atoms with E-state index in [2.05, 4.69) is 20.8 Å². The summed E-state index contributed by atoms with van der Waals surface area (Å²) in [4.78, 5) is 12.8. The maximum absolute atomic E-state index is 12.8. The van der Waals surface area contributed by atoms with Gasteiger partial charge in [0.25, 0.3) is 5.91 Å². The van der Waals surface area contributed by atoms with Crippen LogP contribution < -0.4 is 14.8 Å². The number of hydrogen-bond donors (Lipinski definition) is 1. The number of ether oxygens (including phenoxy) is 2. The number of nitrogens with one attached hydrogen (secondary N) is 1. The fraction of sp³-hybridized carbons (Fsp3) is 0.130. The number of nitrogens with zero attached hydrogens (tertiary/aromatic N) is 4. The zero-order chi connectivity index (χ0) is 22.1. The monoisotopic (exact) mass is 429 g/mol. The molecule has 0 bridgehead atoms. The van der Waals surface area contributed by atoms with Crippen LogP contribution in [0.25, 0.3) is 27.6 Å². The molecule has 32 heavy (non-hydrogen) atoms. The Morgan fingerprint density at radius 2 is 1.88 bits per heavy atom. The molecule has 0 aliphatic heterocycles. The normalized spacial score (nSPS) is 12.1. The smallest absolute Gasteiger partial charge is 0.265 e. The lowest BCUT2D eigenvalue weighted by Gasteiger charge is -2.16. The first-order valence-electron chi connectivity index (χ1n) is 9.92. The molecule has 0 aliphatic carbocycles. The van der Waals surface area contributed by atoms with Crippen molar-refractivity contribution in [2.75, 3.05) is 12.4 Å². The van der Waals surface area contributed by atoms with Gasteiger partial charge in [-0.05, 0) is 53.7 Å². The Morgan fingerprint density at radius 3 is 2.62 bits per heavy atom. The summed E-state index contributed by atoms with van der Waals surface area (Å²) < 4.78 is 18.7. The van der Waals surface area contributed by atoms with Crippen LogP contribution in [0.15, 0.2) is 71.4 Å². The molecule has 5 aromatic rings. The molecule has 2 heterocycles. The maximum atomic E-state index is 12.8. The average molecular weight is 429 g/mol. The molecule has 0 saturated carbocycles. The van der Waals surface area contributed by atoms with Crippen molar-refractivity contribution < 1.29 is 18.7 Å². The van der Waals surface area contributed by atoms with E-state index in [1.165, 1.54) is 11.0 Å². The number of aromatic nitrogens is 4. The predicted molar refractivity (Wildman–Crippen MR) is 118 cm³/mol. The molecule has 0 aliphatic rings. The standard InChI is InChI=1S/C23H19N5O4/c1-14(31-16-9-7-15(8-10-16)28-13-24-26-27-28)23(29)25-19-12-21-18(11-22(19)30-2)17-5-3-4-6-20(17)32-21/h3-14H,1-2H3,(H,25,29)/t14-/m0/s1. The molecule has 0 saturated heterocycles. The molecule has 2 aromatic heterocycles. The van der Waals surface area contributed by atoms with Crippen LogP contribution in [-0.2, 0) is 4.79 Å². The minimum Gasteiger partial charge on any atom is -0.495 e. The Morgan fingerprint density at radius 1 is 1.06 bits per heavy atom. The fourth-order valence-electron chi connectivity index (χ4n) is 3.47. The number of fused-ring (bicyclic) bond motifs is 3. The van der Waals surface area contributed by atoms with Gasteiger partial charge in [-0.3, -0.25) is 4.79 Å². The minimum atomic E-state index is -0.745. The summed E-state index contributed by atoms with van der Waals surface area (Å²) in [5, 5.41) is 15.8. The van der Waals surface area contributed by atoms with E-state index in [0.717, 1.165) is 22.0 Å².